The number of carbonyl (C=O) groups excluding carboxylic acids is 2. The molecule has 1 aliphatic rings. The van der Waals surface area contributed by atoms with Crippen LogP contribution in [0.2, 0.25) is 0 Å². The third kappa shape index (κ3) is 5.81. The predicted molar refractivity (Wildman–Crippen MR) is 120 cm³/mol. The molecule has 3 rings (SSSR count). The van der Waals surface area contributed by atoms with E-state index in [1.165, 1.54) is 0 Å². The minimum Gasteiger partial charge on any atom is -0.446 e. The molecule has 8 heteroatoms. The van der Waals surface area contributed by atoms with Crippen molar-refractivity contribution in [1.29, 1.82) is 0 Å². The van der Waals surface area contributed by atoms with E-state index in [-0.39, 0.29) is 19.1 Å². The highest BCUT2D eigenvalue weighted by molar-refractivity contribution is 9.10. The first-order valence-electron chi connectivity index (χ1n) is 10.1. The van der Waals surface area contributed by atoms with Gasteiger partial charge in [0, 0.05) is 29.7 Å². The van der Waals surface area contributed by atoms with Crippen LogP contribution in [-0.2, 0) is 11.3 Å². The van der Waals surface area contributed by atoms with Gasteiger partial charge in [0.25, 0.3) is 5.91 Å². The number of hydrogen-bond donors (Lipinski definition) is 2. The molecule has 1 saturated heterocycles. The Morgan fingerprint density at radius 2 is 1.77 bits per heavy atom. The lowest BCUT2D eigenvalue weighted by Crippen LogP contribution is -2.50. The first-order chi connectivity index (χ1) is 14.6. The summed E-state index contributed by atoms with van der Waals surface area (Å²) in [5.74, 6) is -0.215. The summed E-state index contributed by atoms with van der Waals surface area (Å²) < 4.78 is 6.30. The number of ether oxygens (including phenoxy) is 1. The molecule has 0 saturated carbocycles. The zero-order valence-electron chi connectivity index (χ0n) is 16.9. The van der Waals surface area contributed by atoms with Crippen LogP contribution in [0, 0.1) is 0 Å². The maximum Gasteiger partial charge on any atom is 0.429 e. The van der Waals surface area contributed by atoms with Crippen molar-refractivity contribution in [1.82, 2.24) is 10.3 Å². The molecule has 0 spiro atoms. The number of halogens is 1. The van der Waals surface area contributed by atoms with E-state index in [0.717, 1.165) is 48.1 Å². The molecule has 7 nitrogen and oxygen atoms in total. The van der Waals surface area contributed by atoms with Crippen LogP contribution in [0.5, 0.6) is 0 Å². The number of hydrazine groups is 1. The normalized spacial score (nSPS) is 14.2. The number of piperidine rings is 1. The lowest BCUT2D eigenvalue weighted by atomic mass is 10.1. The minimum atomic E-state index is -0.453. The second-order valence-electron chi connectivity index (χ2n) is 7.05. The van der Waals surface area contributed by atoms with Crippen LogP contribution in [0.1, 0.15) is 35.2 Å². The number of anilines is 1. The topological polar surface area (TPSA) is 87.9 Å². The van der Waals surface area contributed by atoms with E-state index in [9.17, 15) is 9.59 Å². The molecule has 3 N–H and O–H groups in total. The number of rotatable bonds is 7. The highest BCUT2D eigenvalue weighted by Gasteiger charge is 2.27. The molecule has 2 amide bonds. The SMILES string of the molecule is NCc1ccc(C(=O)NCCOC(=O)N(c2ccccc2Br)N2CCCCC2)cc1. The van der Waals surface area contributed by atoms with Gasteiger partial charge in [-0.15, -0.1) is 0 Å². The van der Waals surface area contributed by atoms with E-state index in [1.54, 1.807) is 17.1 Å². The number of nitrogens with one attached hydrogen (secondary N) is 1. The van der Waals surface area contributed by atoms with Crippen molar-refractivity contribution in [3.63, 3.8) is 0 Å². The first-order valence-corrected chi connectivity index (χ1v) is 10.9. The average Bonchev–Trinajstić information content (AvgIpc) is 2.79. The molecular weight excluding hydrogens is 448 g/mol. The maximum atomic E-state index is 12.9. The first kappa shape index (κ1) is 22.3. The number of nitrogens with two attached hydrogens (primary N) is 1. The zero-order valence-corrected chi connectivity index (χ0v) is 18.4. The van der Waals surface area contributed by atoms with Gasteiger partial charge in [0.15, 0.2) is 0 Å². The summed E-state index contributed by atoms with van der Waals surface area (Å²) in [7, 11) is 0. The molecule has 2 aromatic rings. The van der Waals surface area contributed by atoms with Crippen molar-refractivity contribution >= 4 is 33.6 Å². The van der Waals surface area contributed by atoms with E-state index < -0.39 is 6.09 Å². The fourth-order valence-electron chi connectivity index (χ4n) is 3.33. The minimum absolute atomic E-state index is 0.0836. The molecule has 1 aliphatic heterocycles. The Labute approximate surface area is 185 Å². The highest BCUT2D eigenvalue weighted by atomic mass is 79.9. The molecular formula is C22H27BrN4O3. The lowest BCUT2D eigenvalue weighted by molar-refractivity contribution is 0.0925. The molecule has 1 fully saturated rings. The average molecular weight is 475 g/mol. The quantitative estimate of drug-likeness (QED) is 0.597. The van der Waals surface area contributed by atoms with Gasteiger partial charge in [-0.3, -0.25) is 4.79 Å². The second-order valence-corrected chi connectivity index (χ2v) is 7.90. The number of hydrogen-bond acceptors (Lipinski definition) is 5. The Bertz CT molecular complexity index is 854. The maximum absolute atomic E-state index is 12.9. The summed E-state index contributed by atoms with van der Waals surface area (Å²) in [5, 5.41) is 6.38. The van der Waals surface area contributed by atoms with Crippen LogP contribution in [0.25, 0.3) is 0 Å². The summed E-state index contributed by atoms with van der Waals surface area (Å²) >= 11 is 3.53. The molecule has 0 aromatic heterocycles. The summed E-state index contributed by atoms with van der Waals surface area (Å²) in [6.45, 7) is 2.34. The third-order valence-corrected chi connectivity index (χ3v) is 5.60. The molecule has 0 radical (unpaired) electrons. The van der Waals surface area contributed by atoms with Crippen LogP contribution in [0.3, 0.4) is 0 Å². The van der Waals surface area contributed by atoms with Gasteiger partial charge in [-0.1, -0.05) is 30.7 Å². The Morgan fingerprint density at radius 3 is 2.43 bits per heavy atom. The van der Waals surface area contributed by atoms with Crippen molar-refractivity contribution in [2.24, 2.45) is 5.73 Å². The molecule has 1 heterocycles. The molecule has 0 atom stereocenters. The molecule has 30 heavy (non-hydrogen) atoms. The van der Waals surface area contributed by atoms with E-state index in [4.69, 9.17) is 10.5 Å². The number of amides is 2. The number of para-hydroxylation sites is 1. The molecule has 2 aromatic carbocycles. The third-order valence-electron chi connectivity index (χ3n) is 4.93. The van der Waals surface area contributed by atoms with Crippen molar-refractivity contribution in [3.8, 4) is 0 Å². The van der Waals surface area contributed by atoms with Gasteiger partial charge in [0.2, 0.25) is 0 Å². The number of benzene rings is 2. The molecule has 160 valence electrons. The second kappa shape index (κ2) is 11.1. The van der Waals surface area contributed by atoms with E-state index >= 15 is 0 Å². The van der Waals surface area contributed by atoms with Crippen LogP contribution in [0.4, 0.5) is 10.5 Å². The van der Waals surface area contributed by atoms with Gasteiger partial charge < -0.3 is 15.8 Å². The smallest absolute Gasteiger partial charge is 0.429 e. The van der Waals surface area contributed by atoms with Gasteiger partial charge in [0.05, 0.1) is 12.2 Å². The molecule has 0 aliphatic carbocycles. The van der Waals surface area contributed by atoms with Crippen molar-refractivity contribution < 1.29 is 14.3 Å². The van der Waals surface area contributed by atoms with E-state index in [0.29, 0.717) is 12.1 Å². The van der Waals surface area contributed by atoms with Crippen molar-refractivity contribution in [2.75, 3.05) is 31.3 Å². The summed E-state index contributed by atoms with van der Waals surface area (Å²) in [6, 6.07) is 14.7. The standard InChI is InChI=1S/C22H27BrN4O3/c23-19-6-2-3-7-20(19)27(26-13-4-1-5-14-26)22(29)30-15-12-25-21(28)18-10-8-17(16-24)9-11-18/h2-3,6-11H,1,4-5,12-16,24H2,(H,25,28). The fraction of sp³-hybridized carbons (Fsp3) is 0.364. The Morgan fingerprint density at radius 1 is 1.07 bits per heavy atom. The van der Waals surface area contributed by atoms with Crippen LogP contribution in [-0.4, -0.2) is 43.3 Å². The van der Waals surface area contributed by atoms with Crippen molar-refractivity contribution in [3.05, 3.63) is 64.1 Å². The predicted octanol–water partition coefficient (Wildman–Crippen LogP) is 3.68. The Balaban J connectivity index is 1.56. The fourth-order valence-corrected chi connectivity index (χ4v) is 3.78. The lowest BCUT2D eigenvalue weighted by Gasteiger charge is -2.36. The van der Waals surface area contributed by atoms with Gasteiger partial charge in [-0.2, -0.15) is 0 Å². The number of nitrogens with zero attached hydrogens (tertiary/aromatic N) is 2. The van der Waals surface area contributed by atoms with E-state index in [1.807, 2.05) is 41.4 Å². The zero-order chi connectivity index (χ0) is 21.3. The summed E-state index contributed by atoms with van der Waals surface area (Å²) in [6.07, 6.45) is 2.78. The summed E-state index contributed by atoms with van der Waals surface area (Å²) in [4.78, 5) is 25.1. The van der Waals surface area contributed by atoms with Gasteiger partial charge in [-0.05, 0) is 58.6 Å². The van der Waals surface area contributed by atoms with Crippen LogP contribution >= 0.6 is 15.9 Å². The highest BCUT2D eigenvalue weighted by Crippen LogP contribution is 2.29. The van der Waals surface area contributed by atoms with Gasteiger partial charge in [-0.25, -0.2) is 14.8 Å². The van der Waals surface area contributed by atoms with Gasteiger partial charge >= 0.3 is 6.09 Å². The van der Waals surface area contributed by atoms with E-state index in [2.05, 4.69) is 21.2 Å². The molecule has 0 unspecified atom stereocenters. The Hall–Kier alpha value is -2.42. The van der Waals surface area contributed by atoms with Crippen molar-refractivity contribution in [2.45, 2.75) is 25.8 Å². The largest absolute Gasteiger partial charge is 0.446 e. The summed E-state index contributed by atoms with van der Waals surface area (Å²) in [5.41, 5.74) is 7.82. The molecule has 0 bridgehead atoms. The van der Waals surface area contributed by atoms with Crippen LogP contribution < -0.4 is 16.1 Å². The van der Waals surface area contributed by atoms with Gasteiger partial charge in [0.1, 0.15) is 6.61 Å². The monoisotopic (exact) mass is 474 g/mol. The van der Waals surface area contributed by atoms with Crippen LogP contribution in [0.15, 0.2) is 53.0 Å². The number of carbonyl (C=O) groups is 2. The Kier molecular flexibility index (Phi) is 8.24.